The van der Waals surface area contributed by atoms with Gasteiger partial charge in [0.1, 0.15) is 0 Å². The van der Waals surface area contributed by atoms with Gasteiger partial charge in [-0.25, -0.2) is 0 Å². The van der Waals surface area contributed by atoms with Crippen LogP contribution in [0.3, 0.4) is 0 Å². The molecule has 2 aromatic rings. The molecule has 1 unspecified atom stereocenters. The van der Waals surface area contributed by atoms with E-state index < -0.39 is 0 Å². The van der Waals surface area contributed by atoms with Gasteiger partial charge in [0.25, 0.3) is 0 Å². The van der Waals surface area contributed by atoms with Crippen LogP contribution in [0.5, 0.6) is 0 Å². The number of carbonyl (C=O) groups excluding carboxylic acids is 2. The minimum Gasteiger partial charge on any atom is -0.378 e. The zero-order valence-corrected chi connectivity index (χ0v) is 16.7. The van der Waals surface area contributed by atoms with Gasteiger partial charge in [-0.05, 0) is 35.8 Å². The average molecular weight is 392 g/mol. The standard InChI is InChI=1S/C24H28N2O3/c1-29-18(14-25-23(27)21-12-19(21)16-8-4-2-5-9-16)15-26-24(28)22-13-20(22)17-10-6-3-7-11-17/h2-11,18-22H,12-15H2,1H3,(H,25,27)(H,26,28)/t18?,19-,20-,21-,22+/m1/s1. The summed E-state index contributed by atoms with van der Waals surface area (Å²) < 4.78 is 5.44. The van der Waals surface area contributed by atoms with Gasteiger partial charge in [0.2, 0.25) is 11.8 Å². The number of hydrogen-bond donors (Lipinski definition) is 2. The summed E-state index contributed by atoms with van der Waals surface area (Å²) in [5, 5.41) is 5.97. The summed E-state index contributed by atoms with van der Waals surface area (Å²) in [6.07, 6.45) is 1.56. The van der Waals surface area contributed by atoms with E-state index in [1.54, 1.807) is 7.11 Å². The molecule has 0 bridgehead atoms. The summed E-state index contributed by atoms with van der Waals surface area (Å²) in [5.74, 6) is 0.866. The molecule has 2 fully saturated rings. The van der Waals surface area contributed by atoms with Crippen LogP contribution >= 0.6 is 0 Å². The summed E-state index contributed by atoms with van der Waals surface area (Å²) >= 11 is 0. The van der Waals surface area contributed by atoms with E-state index in [4.69, 9.17) is 4.74 Å². The van der Waals surface area contributed by atoms with Crippen molar-refractivity contribution < 1.29 is 14.3 Å². The molecule has 5 nitrogen and oxygen atoms in total. The molecule has 152 valence electrons. The Bertz CT molecular complexity index is 770. The highest BCUT2D eigenvalue weighted by molar-refractivity contribution is 5.83. The van der Waals surface area contributed by atoms with Crippen LogP contribution in [0.4, 0.5) is 0 Å². The van der Waals surface area contributed by atoms with Gasteiger partial charge in [0, 0.05) is 32.0 Å². The Hall–Kier alpha value is -2.66. The fourth-order valence-electron chi connectivity index (χ4n) is 4.04. The molecule has 0 spiro atoms. The molecule has 2 saturated carbocycles. The van der Waals surface area contributed by atoms with Crippen molar-refractivity contribution >= 4 is 11.8 Å². The molecule has 5 heteroatoms. The molecular weight excluding hydrogens is 364 g/mol. The molecule has 0 aliphatic heterocycles. The summed E-state index contributed by atoms with van der Waals surface area (Å²) in [7, 11) is 1.61. The van der Waals surface area contributed by atoms with E-state index in [0.29, 0.717) is 24.9 Å². The van der Waals surface area contributed by atoms with Crippen molar-refractivity contribution in [1.82, 2.24) is 10.6 Å². The Balaban J connectivity index is 1.18. The summed E-state index contributed by atoms with van der Waals surface area (Å²) in [6, 6.07) is 20.3. The lowest BCUT2D eigenvalue weighted by molar-refractivity contribution is -0.123. The number of methoxy groups -OCH3 is 1. The van der Waals surface area contributed by atoms with Crippen LogP contribution < -0.4 is 10.6 Å². The van der Waals surface area contributed by atoms with E-state index in [-0.39, 0.29) is 29.8 Å². The van der Waals surface area contributed by atoms with Crippen LogP contribution in [0.2, 0.25) is 0 Å². The fourth-order valence-corrected chi connectivity index (χ4v) is 4.04. The highest BCUT2D eigenvalue weighted by Crippen LogP contribution is 2.48. The van der Waals surface area contributed by atoms with Gasteiger partial charge in [-0.15, -0.1) is 0 Å². The predicted octanol–water partition coefficient (Wildman–Crippen LogP) is 2.84. The lowest BCUT2D eigenvalue weighted by Gasteiger charge is -2.17. The summed E-state index contributed by atoms with van der Waals surface area (Å²) in [5.41, 5.74) is 2.45. The minimum absolute atomic E-state index is 0.0441. The van der Waals surface area contributed by atoms with Crippen molar-refractivity contribution in [3.8, 4) is 0 Å². The first-order valence-electron chi connectivity index (χ1n) is 10.4. The second-order valence-electron chi connectivity index (χ2n) is 8.07. The number of ether oxygens (including phenoxy) is 1. The second-order valence-corrected chi connectivity index (χ2v) is 8.07. The number of nitrogens with one attached hydrogen (secondary N) is 2. The maximum Gasteiger partial charge on any atom is 0.223 e. The Morgan fingerprint density at radius 2 is 1.24 bits per heavy atom. The van der Waals surface area contributed by atoms with Crippen LogP contribution in [0.25, 0.3) is 0 Å². The molecule has 0 aromatic heterocycles. The van der Waals surface area contributed by atoms with Crippen LogP contribution in [-0.4, -0.2) is 38.1 Å². The molecule has 4 rings (SSSR count). The topological polar surface area (TPSA) is 67.4 Å². The zero-order valence-electron chi connectivity index (χ0n) is 16.7. The SMILES string of the molecule is COC(CNC(=O)[C@H]1C[C@@H]1c1ccccc1)CNC(=O)[C@@H]1C[C@@H]1c1ccccc1. The van der Waals surface area contributed by atoms with Crippen molar-refractivity contribution in [3.05, 3.63) is 71.8 Å². The number of benzene rings is 2. The van der Waals surface area contributed by atoms with Crippen LogP contribution in [0.15, 0.2) is 60.7 Å². The summed E-state index contributed by atoms with van der Waals surface area (Å²) in [4.78, 5) is 24.8. The van der Waals surface area contributed by atoms with Crippen LogP contribution in [0, 0.1) is 11.8 Å². The third-order valence-electron chi connectivity index (χ3n) is 6.05. The third-order valence-corrected chi connectivity index (χ3v) is 6.05. The number of hydrogen-bond acceptors (Lipinski definition) is 3. The lowest BCUT2D eigenvalue weighted by atomic mass is 10.1. The van der Waals surface area contributed by atoms with Gasteiger partial charge < -0.3 is 15.4 Å². The molecule has 2 amide bonds. The molecule has 0 saturated heterocycles. The highest BCUT2D eigenvalue weighted by atomic mass is 16.5. The Kier molecular flexibility index (Phi) is 5.95. The molecule has 2 aliphatic carbocycles. The minimum atomic E-state index is -0.231. The maximum atomic E-state index is 12.4. The maximum absolute atomic E-state index is 12.4. The van der Waals surface area contributed by atoms with Gasteiger partial charge in [0.05, 0.1) is 6.10 Å². The largest absolute Gasteiger partial charge is 0.378 e. The molecule has 29 heavy (non-hydrogen) atoms. The van der Waals surface area contributed by atoms with E-state index in [2.05, 4.69) is 34.9 Å². The van der Waals surface area contributed by atoms with Gasteiger partial charge in [-0.2, -0.15) is 0 Å². The monoisotopic (exact) mass is 392 g/mol. The van der Waals surface area contributed by atoms with Gasteiger partial charge >= 0.3 is 0 Å². The van der Waals surface area contributed by atoms with Crippen molar-refractivity contribution in [2.75, 3.05) is 20.2 Å². The highest BCUT2D eigenvalue weighted by Gasteiger charge is 2.44. The Labute approximate surface area is 171 Å². The first-order valence-corrected chi connectivity index (χ1v) is 10.4. The van der Waals surface area contributed by atoms with E-state index >= 15 is 0 Å². The Morgan fingerprint density at radius 3 is 1.62 bits per heavy atom. The smallest absolute Gasteiger partial charge is 0.223 e. The molecule has 2 aliphatic rings. The van der Waals surface area contributed by atoms with Gasteiger partial charge in [-0.3, -0.25) is 9.59 Å². The van der Waals surface area contributed by atoms with Gasteiger partial charge in [-0.1, -0.05) is 60.7 Å². The van der Waals surface area contributed by atoms with E-state index in [1.807, 2.05) is 36.4 Å². The van der Waals surface area contributed by atoms with Gasteiger partial charge in [0.15, 0.2) is 0 Å². The van der Waals surface area contributed by atoms with Crippen molar-refractivity contribution in [3.63, 3.8) is 0 Å². The van der Waals surface area contributed by atoms with Crippen molar-refractivity contribution in [1.29, 1.82) is 0 Å². The van der Waals surface area contributed by atoms with E-state index in [9.17, 15) is 9.59 Å². The number of carbonyl (C=O) groups is 2. The normalized spacial score (nSPS) is 25.7. The fraction of sp³-hybridized carbons (Fsp3) is 0.417. The second kappa shape index (κ2) is 8.78. The molecule has 5 atom stereocenters. The molecule has 0 heterocycles. The van der Waals surface area contributed by atoms with Crippen molar-refractivity contribution in [2.45, 2.75) is 30.8 Å². The summed E-state index contributed by atoms with van der Waals surface area (Å²) in [6.45, 7) is 0.806. The van der Waals surface area contributed by atoms with E-state index in [1.165, 1.54) is 11.1 Å². The average Bonchev–Trinajstić information content (AvgIpc) is 3.68. The Morgan fingerprint density at radius 1 is 0.828 bits per heavy atom. The van der Waals surface area contributed by atoms with E-state index in [0.717, 1.165) is 12.8 Å². The quantitative estimate of drug-likeness (QED) is 0.690. The first-order chi connectivity index (χ1) is 14.2. The van der Waals surface area contributed by atoms with Crippen molar-refractivity contribution in [2.24, 2.45) is 11.8 Å². The van der Waals surface area contributed by atoms with Crippen LogP contribution in [-0.2, 0) is 14.3 Å². The number of rotatable bonds is 9. The van der Waals surface area contributed by atoms with Crippen LogP contribution in [0.1, 0.15) is 35.8 Å². The first kappa shape index (κ1) is 19.6. The molecule has 2 aromatic carbocycles. The predicted molar refractivity (Wildman–Crippen MR) is 111 cm³/mol. The zero-order chi connectivity index (χ0) is 20.2. The molecule has 0 radical (unpaired) electrons. The lowest BCUT2D eigenvalue weighted by Crippen LogP contribution is -2.42. The molecular formula is C24H28N2O3. The molecule has 2 N–H and O–H groups in total. The third kappa shape index (κ3) is 4.85. The number of amides is 2.